The van der Waals surface area contributed by atoms with Gasteiger partial charge in [-0.1, -0.05) is 20.3 Å². The minimum absolute atomic E-state index is 0.323. The lowest BCUT2D eigenvalue weighted by atomic mass is 9.57. The van der Waals surface area contributed by atoms with Crippen LogP contribution in [0.3, 0.4) is 0 Å². The highest BCUT2D eigenvalue weighted by Gasteiger charge is 2.54. The lowest BCUT2D eigenvalue weighted by molar-refractivity contribution is -0.173. The Balaban J connectivity index is 3.05. The van der Waals surface area contributed by atoms with Crippen LogP contribution in [0.25, 0.3) is 0 Å². The molecule has 1 fully saturated rings. The molecule has 0 aromatic carbocycles. The van der Waals surface area contributed by atoms with Crippen LogP contribution in [0.4, 0.5) is 0 Å². The third-order valence-corrected chi connectivity index (χ3v) is 3.80. The number of aliphatic carboxylic acids is 1. The molecule has 1 aliphatic carbocycles. The summed E-state index contributed by atoms with van der Waals surface area (Å²) in [5, 5.41) is 18.9. The Labute approximate surface area is 78.8 Å². The number of aliphatic hydroxyl groups is 1. The molecule has 3 nitrogen and oxygen atoms in total. The molecule has 0 radical (unpaired) electrons. The average molecular weight is 186 g/mol. The summed E-state index contributed by atoms with van der Waals surface area (Å²) in [5.74, 6) is -0.885. The summed E-state index contributed by atoms with van der Waals surface area (Å²) >= 11 is 0. The van der Waals surface area contributed by atoms with E-state index in [2.05, 4.69) is 0 Å². The first-order chi connectivity index (χ1) is 5.82. The molecular formula is C10H18O3. The van der Waals surface area contributed by atoms with Crippen LogP contribution in [0.2, 0.25) is 0 Å². The van der Waals surface area contributed by atoms with Crippen molar-refractivity contribution in [1.82, 2.24) is 0 Å². The van der Waals surface area contributed by atoms with E-state index in [1.807, 2.05) is 13.8 Å². The van der Waals surface area contributed by atoms with Crippen LogP contribution in [0.5, 0.6) is 0 Å². The van der Waals surface area contributed by atoms with Crippen molar-refractivity contribution in [2.24, 2.45) is 10.8 Å². The van der Waals surface area contributed by atoms with Crippen LogP contribution in [-0.2, 0) is 4.79 Å². The number of hydrogen-bond acceptors (Lipinski definition) is 2. The van der Waals surface area contributed by atoms with Gasteiger partial charge in [0, 0.05) is 0 Å². The highest BCUT2D eigenvalue weighted by atomic mass is 16.4. The standard InChI is InChI=1S/C10H18O3/c1-9(2)6-4-5-7(11)10(9,3)8(12)13/h7,11H,4-6H2,1-3H3,(H,12,13)/t7-,10-/m0/s1. The van der Waals surface area contributed by atoms with Gasteiger partial charge in [-0.3, -0.25) is 4.79 Å². The molecular weight excluding hydrogens is 168 g/mol. The molecule has 76 valence electrons. The van der Waals surface area contributed by atoms with E-state index < -0.39 is 17.5 Å². The van der Waals surface area contributed by atoms with Gasteiger partial charge >= 0.3 is 5.97 Å². The molecule has 0 amide bonds. The molecule has 0 saturated heterocycles. The Morgan fingerprint density at radius 1 is 1.38 bits per heavy atom. The third kappa shape index (κ3) is 1.35. The molecule has 0 heterocycles. The summed E-state index contributed by atoms with van der Waals surface area (Å²) < 4.78 is 0. The fraction of sp³-hybridized carbons (Fsp3) is 0.900. The van der Waals surface area contributed by atoms with Crippen molar-refractivity contribution in [1.29, 1.82) is 0 Å². The van der Waals surface area contributed by atoms with Crippen LogP contribution < -0.4 is 0 Å². The molecule has 1 aliphatic rings. The molecule has 1 rings (SSSR count). The summed E-state index contributed by atoms with van der Waals surface area (Å²) in [5.41, 5.74) is -1.32. The summed E-state index contributed by atoms with van der Waals surface area (Å²) in [6, 6.07) is 0. The van der Waals surface area contributed by atoms with Gasteiger partial charge in [-0.05, 0) is 25.2 Å². The topological polar surface area (TPSA) is 57.5 Å². The number of aliphatic hydroxyl groups excluding tert-OH is 1. The number of carboxylic acid groups (broad SMARTS) is 1. The summed E-state index contributed by atoms with van der Waals surface area (Å²) in [4.78, 5) is 11.1. The van der Waals surface area contributed by atoms with Crippen molar-refractivity contribution < 1.29 is 15.0 Å². The van der Waals surface area contributed by atoms with Crippen molar-refractivity contribution in [3.63, 3.8) is 0 Å². The minimum atomic E-state index is -0.995. The van der Waals surface area contributed by atoms with Crippen molar-refractivity contribution in [3.05, 3.63) is 0 Å². The monoisotopic (exact) mass is 186 g/mol. The van der Waals surface area contributed by atoms with Crippen molar-refractivity contribution in [3.8, 4) is 0 Å². The van der Waals surface area contributed by atoms with E-state index in [0.29, 0.717) is 6.42 Å². The van der Waals surface area contributed by atoms with Crippen LogP contribution in [0.1, 0.15) is 40.0 Å². The van der Waals surface area contributed by atoms with Gasteiger partial charge in [0.1, 0.15) is 0 Å². The van der Waals surface area contributed by atoms with Crippen molar-refractivity contribution in [2.45, 2.75) is 46.1 Å². The maximum absolute atomic E-state index is 11.1. The molecule has 3 heteroatoms. The van der Waals surface area contributed by atoms with Gasteiger partial charge in [-0.15, -0.1) is 0 Å². The first kappa shape index (κ1) is 10.5. The first-order valence-electron chi connectivity index (χ1n) is 4.74. The molecule has 0 bridgehead atoms. The fourth-order valence-electron chi connectivity index (χ4n) is 2.17. The van der Waals surface area contributed by atoms with E-state index in [1.165, 1.54) is 0 Å². The Bertz CT molecular complexity index is 222. The van der Waals surface area contributed by atoms with Gasteiger partial charge in [0.05, 0.1) is 11.5 Å². The smallest absolute Gasteiger partial charge is 0.312 e. The van der Waals surface area contributed by atoms with Gasteiger partial charge in [0.2, 0.25) is 0 Å². The SMILES string of the molecule is CC1(C)CCC[C@H](O)[C@@]1(C)C(=O)O. The first-order valence-corrected chi connectivity index (χ1v) is 4.74. The zero-order chi connectivity index (χ0) is 10.3. The highest BCUT2D eigenvalue weighted by Crippen LogP contribution is 2.50. The number of rotatable bonds is 1. The van der Waals surface area contributed by atoms with Gasteiger partial charge in [-0.25, -0.2) is 0 Å². The number of carboxylic acids is 1. The molecule has 2 atom stereocenters. The van der Waals surface area contributed by atoms with Crippen LogP contribution >= 0.6 is 0 Å². The lowest BCUT2D eigenvalue weighted by Gasteiger charge is -2.47. The lowest BCUT2D eigenvalue weighted by Crippen LogP contribution is -2.53. The Morgan fingerprint density at radius 3 is 2.23 bits per heavy atom. The summed E-state index contributed by atoms with van der Waals surface area (Å²) in [6.07, 6.45) is 1.67. The maximum Gasteiger partial charge on any atom is 0.312 e. The highest BCUT2D eigenvalue weighted by molar-refractivity contribution is 5.76. The Kier molecular flexibility index (Phi) is 2.41. The predicted molar refractivity (Wildman–Crippen MR) is 49.4 cm³/mol. The second kappa shape index (κ2) is 2.98. The van der Waals surface area contributed by atoms with Crippen LogP contribution in [0, 0.1) is 10.8 Å². The minimum Gasteiger partial charge on any atom is -0.481 e. The third-order valence-electron chi connectivity index (χ3n) is 3.80. The van der Waals surface area contributed by atoms with E-state index in [4.69, 9.17) is 5.11 Å². The molecule has 0 aromatic heterocycles. The fourth-order valence-corrected chi connectivity index (χ4v) is 2.17. The van der Waals surface area contributed by atoms with E-state index in [1.54, 1.807) is 6.92 Å². The molecule has 2 N–H and O–H groups in total. The second-order valence-electron chi connectivity index (χ2n) is 4.80. The zero-order valence-electron chi connectivity index (χ0n) is 8.50. The van der Waals surface area contributed by atoms with Crippen molar-refractivity contribution >= 4 is 5.97 Å². The van der Waals surface area contributed by atoms with E-state index in [-0.39, 0.29) is 5.41 Å². The molecule has 0 aromatic rings. The maximum atomic E-state index is 11.1. The predicted octanol–water partition coefficient (Wildman–Crippen LogP) is 1.65. The molecule has 1 saturated carbocycles. The number of carbonyl (C=O) groups is 1. The number of hydrogen-bond donors (Lipinski definition) is 2. The van der Waals surface area contributed by atoms with E-state index in [9.17, 15) is 9.90 Å². The van der Waals surface area contributed by atoms with Gasteiger partial charge in [-0.2, -0.15) is 0 Å². The van der Waals surface area contributed by atoms with Crippen LogP contribution in [0.15, 0.2) is 0 Å². The molecule has 13 heavy (non-hydrogen) atoms. The summed E-state index contributed by atoms with van der Waals surface area (Å²) in [7, 11) is 0. The van der Waals surface area contributed by atoms with Crippen molar-refractivity contribution in [2.75, 3.05) is 0 Å². The molecule has 0 unspecified atom stereocenters. The zero-order valence-corrected chi connectivity index (χ0v) is 8.50. The largest absolute Gasteiger partial charge is 0.481 e. The van der Waals surface area contributed by atoms with Crippen LogP contribution in [-0.4, -0.2) is 22.3 Å². The van der Waals surface area contributed by atoms with Gasteiger partial charge in [0.25, 0.3) is 0 Å². The Morgan fingerprint density at radius 2 is 1.92 bits per heavy atom. The Hall–Kier alpha value is -0.570. The van der Waals surface area contributed by atoms with E-state index >= 15 is 0 Å². The average Bonchev–Trinajstić information content (AvgIpc) is 1.99. The molecule has 0 aliphatic heterocycles. The second-order valence-corrected chi connectivity index (χ2v) is 4.80. The van der Waals surface area contributed by atoms with E-state index in [0.717, 1.165) is 12.8 Å². The normalized spacial score (nSPS) is 38.6. The van der Waals surface area contributed by atoms with Gasteiger partial charge < -0.3 is 10.2 Å². The summed E-state index contributed by atoms with van der Waals surface area (Å²) in [6.45, 7) is 5.49. The molecule has 0 spiro atoms. The van der Waals surface area contributed by atoms with Gasteiger partial charge in [0.15, 0.2) is 0 Å². The quantitative estimate of drug-likeness (QED) is 0.654.